The number of halogens is 3. The number of pyridine rings is 1. The number of hydrogen-bond acceptors (Lipinski definition) is 19. The van der Waals surface area contributed by atoms with Gasteiger partial charge in [0.25, 0.3) is 5.91 Å². The van der Waals surface area contributed by atoms with Gasteiger partial charge in [-0.2, -0.15) is 13.2 Å². The van der Waals surface area contributed by atoms with E-state index in [1.807, 2.05) is 6.92 Å². The van der Waals surface area contributed by atoms with Crippen LogP contribution in [-0.2, 0) is 58.3 Å². The number of fused-ring (bicyclic) bond motifs is 2. The highest BCUT2D eigenvalue weighted by Gasteiger charge is 2.54. The molecule has 2 bridgehead atoms. The molecular formula is C57H75F3N8O14. The number of rotatable bonds is 39. The molecule has 0 radical (unpaired) electrons. The highest BCUT2D eigenvalue weighted by molar-refractivity contribution is 6.05. The molecule has 4 N–H and O–H groups in total. The van der Waals surface area contributed by atoms with E-state index in [-0.39, 0.29) is 59.3 Å². The van der Waals surface area contributed by atoms with Crippen LogP contribution in [0.2, 0.25) is 0 Å². The molecule has 0 unspecified atom stereocenters. The first-order valence-electron chi connectivity index (χ1n) is 27.4. The Morgan fingerprint density at radius 3 is 1.87 bits per heavy atom. The number of methoxy groups -OCH3 is 1. The SMILES string of the molecule is CO[C@H]1[C@H]2C[C@@H]([C@H]1O)[C@@H](C(=O)NCCOCCOCCOCCOCCOCCOCCOCCOCCOCCOc1cncc(-c3ccnc(Nc4cc(C(=O)Nc5cc(-n6cnc(C)c6)cc(C(F)(F)F)c5)ccc4C)n3)c1)C2. The van der Waals surface area contributed by atoms with Gasteiger partial charge < -0.3 is 77.7 Å². The van der Waals surface area contributed by atoms with Crippen molar-refractivity contribution < 1.29 is 80.0 Å². The maximum absolute atomic E-state index is 13.8. The first-order chi connectivity index (χ1) is 39.9. The number of aryl methyl sites for hydroxylation is 2. The van der Waals surface area contributed by atoms with Crippen molar-refractivity contribution >= 4 is 29.1 Å². The van der Waals surface area contributed by atoms with E-state index in [4.69, 9.17) is 52.1 Å². The molecule has 2 aromatic carbocycles. The van der Waals surface area contributed by atoms with Crippen LogP contribution in [0.15, 0.2) is 79.6 Å². The van der Waals surface area contributed by atoms with E-state index >= 15 is 0 Å². The van der Waals surface area contributed by atoms with Gasteiger partial charge in [-0.1, -0.05) is 6.07 Å². The number of aromatic nitrogens is 5. The predicted molar refractivity (Wildman–Crippen MR) is 293 cm³/mol. The van der Waals surface area contributed by atoms with Crippen LogP contribution < -0.4 is 20.7 Å². The molecule has 2 amide bonds. The van der Waals surface area contributed by atoms with Crippen LogP contribution in [-0.4, -0.2) is 193 Å². The van der Waals surface area contributed by atoms with E-state index in [9.17, 15) is 27.9 Å². The minimum absolute atomic E-state index is 0.0200. The number of amides is 2. The van der Waals surface area contributed by atoms with Crippen LogP contribution in [0.5, 0.6) is 5.75 Å². The summed E-state index contributed by atoms with van der Waals surface area (Å²) in [5.74, 6) is 0.186. The molecule has 3 aromatic heterocycles. The monoisotopic (exact) mass is 1150 g/mol. The summed E-state index contributed by atoms with van der Waals surface area (Å²) >= 11 is 0. The van der Waals surface area contributed by atoms with E-state index < -0.39 is 23.8 Å². The first-order valence-corrected chi connectivity index (χ1v) is 27.4. The van der Waals surface area contributed by atoms with Crippen LogP contribution in [0, 0.1) is 31.6 Å². The zero-order valence-electron chi connectivity index (χ0n) is 46.6. The zero-order chi connectivity index (χ0) is 57.9. The van der Waals surface area contributed by atoms with Gasteiger partial charge in [0, 0.05) is 66.4 Å². The number of nitrogens with one attached hydrogen (secondary N) is 3. The van der Waals surface area contributed by atoms with E-state index in [1.54, 1.807) is 69.2 Å². The lowest BCUT2D eigenvalue weighted by molar-refractivity contribution is -0.137. The van der Waals surface area contributed by atoms with Crippen LogP contribution in [0.4, 0.5) is 30.5 Å². The number of alkyl halides is 3. The number of benzene rings is 2. The van der Waals surface area contributed by atoms with Crippen molar-refractivity contribution in [3.63, 3.8) is 0 Å². The fourth-order valence-electron chi connectivity index (χ4n) is 9.37. The summed E-state index contributed by atoms with van der Waals surface area (Å²) in [6.45, 7) is 11.9. The molecule has 2 fully saturated rings. The third-order valence-electron chi connectivity index (χ3n) is 13.4. The molecule has 25 heteroatoms. The van der Waals surface area contributed by atoms with Crippen LogP contribution in [0.25, 0.3) is 16.9 Å². The third kappa shape index (κ3) is 20.6. The minimum atomic E-state index is -4.64. The molecular weight excluding hydrogens is 1080 g/mol. The van der Waals surface area contributed by atoms with Gasteiger partial charge in [0.2, 0.25) is 11.9 Å². The standard InChI is InChI=1S/C57H75F3N8O14/c1-39-4-5-41(54(70)65-45-32-44(57(58,59)60)33-46(34-45)68-37-40(2)64-38-68)31-51(39)67-56-63-7-6-50(66-56)43-28-47(36-61-35-43)82-27-26-81-25-24-80-23-22-79-21-20-78-19-18-77-17-16-76-15-14-75-13-12-74-11-10-73-9-8-62-55(71)49-30-42-29-48(49)52(69)53(42)72-3/h4-7,28,31-38,42,48-49,52-53,69H,8-27,29-30H2,1-3H3,(H,62,71)(H,65,70)(H,63,66,67)/t42-,48+,49-,52+,53-/m0/s1. The Labute approximate surface area is 475 Å². The van der Waals surface area contributed by atoms with Crippen molar-refractivity contribution in [2.45, 2.75) is 45.1 Å². The average Bonchev–Trinajstić information content (AvgIpc) is 4.41. The fraction of sp³-hybridized carbons (Fsp3) is 0.544. The molecule has 3 heterocycles. The van der Waals surface area contributed by atoms with E-state index in [1.165, 1.54) is 17.0 Å². The smallest absolute Gasteiger partial charge is 0.416 e. The van der Waals surface area contributed by atoms with Crippen LogP contribution in [0.3, 0.4) is 0 Å². The van der Waals surface area contributed by atoms with Crippen LogP contribution >= 0.6 is 0 Å². The van der Waals surface area contributed by atoms with E-state index in [0.717, 1.165) is 30.5 Å². The topological polar surface area (TPSA) is 248 Å². The summed E-state index contributed by atoms with van der Waals surface area (Å²) in [7, 11) is 1.61. The Balaban J connectivity index is 0.636. The number of carbonyl (C=O) groups excluding carboxylic acids is 2. The Hall–Kier alpha value is -6.23. The molecule has 0 spiro atoms. The van der Waals surface area contributed by atoms with Gasteiger partial charge in [-0.05, 0) is 86.6 Å². The van der Waals surface area contributed by atoms with Crippen molar-refractivity contribution in [3.8, 4) is 22.7 Å². The minimum Gasteiger partial charge on any atom is -0.490 e. The zero-order valence-corrected chi connectivity index (χ0v) is 46.6. The first kappa shape index (κ1) is 63.4. The summed E-state index contributed by atoms with van der Waals surface area (Å²) in [5, 5.41) is 19.1. The molecule has 0 saturated heterocycles. The van der Waals surface area contributed by atoms with Crippen molar-refractivity contribution in [1.82, 2.24) is 29.8 Å². The largest absolute Gasteiger partial charge is 0.490 e. The number of ether oxygens (including phenoxy) is 11. The second-order valence-corrected chi connectivity index (χ2v) is 19.3. The Kier molecular flexibility index (Phi) is 26.1. The molecule has 0 aliphatic heterocycles. The van der Waals surface area contributed by atoms with Crippen molar-refractivity contribution in [1.29, 1.82) is 0 Å². The number of hydrogen-bond donors (Lipinski definition) is 4. The van der Waals surface area contributed by atoms with Crippen LogP contribution in [0.1, 0.15) is 40.0 Å². The average molecular weight is 1150 g/mol. The number of anilines is 3. The van der Waals surface area contributed by atoms with Gasteiger partial charge >= 0.3 is 6.18 Å². The van der Waals surface area contributed by atoms with Gasteiger partial charge in [0.1, 0.15) is 12.4 Å². The number of nitrogens with zero attached hydrogens (tertiary/aromatic N) is 5. The summed E-state index contributed by atoms with van der Waals surface area (Å²) in [6.07, 6.45) is 4.04. The highest BCUT2D eigenvalue weighted by Crippen LogP contribution is 2.49. The number of aliphatic hydroxyl groups excluding tert-OH is 1. The van der Waals surface area contributed by atoms with Crippen molar-refractivity contribution in [2.24, 2.45) is 17.8 Å². The van der Waals surface area contributed by atoms with Gasteiger partial charge in [-0.3, -0.25) is 14.6 Å². The van der Waals surface area contributed by atoms with Gasteiger partial charge in [0.15, 0.2) is 0 Å². The van der Waals surface area contributed by atoms with Gasteiger partial charge in [-0.15, -0.1) is 0 Å². The second kappa shape index (κ2) is 33.8. The highest BCUT2D eigenvalue weighted by atomic mass is 19.4. The molecule has 5 atom stereocenters. The van der Waals surface area contributed by atoms with Gasteiger partial charge in [-0.25, -0.2) is 15.0 Å². The molecule has 2 saturated carbocycles. The summed E-state index contributed by atoms with van der Waals surface area (Å²) in [6, 6.07) is 11.7. The molecule has 2 aliphatic carbocycles. The maximum Gasteiger partial charge on any atom is 0.416 e. The van der Waals surface area contributed by atoms with Gasteiger partial charge in [0.05, 0.1) is 161 Å². The fourth-order valence-corrected chi connectivity index (χ4v) is 9.37. The molecule has 82 heavy (non-hydrogen) atoms. The molecule has 2 aliphatic rings. The second-order valence-electron chi connectivity index (χ2n) is 19.3. The lowest BCUT2D eigenvalue weighted by Crippen LogP contribution is -2.44. The molecule has 5 aromatic rings. The lowest BCUT2D eigenvalue weighted by atomic mass is 9.84. The Morgan fingerprint density at radius 2 is 1.30 bits per heavy atom. The number of carbonyl (C=O) groups is 2. The molecule has 448 valence electrons. The van der Waals surface area contributed by atoms with E-state index in [0.29, 0.717) is 154 Å². The van der Waals surface area contributed by atoms with Crippen molar-refractivity contribution in [3.05, 3.63) is 102 Å². The summed E-state index contributed by atoms with van der Waals surface area (Å²) < 4.78 is 104. The van der Waals surface area contributed by atoms with Crippen molar-refractivity contribution in [2.75, 3.05) is 150 Å². The quantitative estimate of drug-likeness (QED) is 0.0328. The summed E-state index contributed by atoms with van der Waals surface area (Å²) in [4.78, 5) is 43.3. The number of aliphatic hydroxyl groups is 1. The number of imidazole rings is 1. The predicted octanol–water partition coefficient (Wildman–Crippen LogP) is 6.03. The molecule has 22 nitrogen and oxygen atoms in total. The normalized spacial score (nSPS) is 17.6. The maximum atomic E-state index is 13.8. The molecule has 7 rings (SSSR count). The van der Waals surface area contributed by atoms with E-state index in [2.05, 4.69) is 35.9 Å². The summed E-state index contributed by atoms with van der Waals surface area (Å²) in [5.41, 5.74) is 2.57. The lowest BCUT2D eigenvalue weighted by Gasteiger charge is -2.31. The third-order valence-corrected chi connectivity index (χ3v) is 13.4. The Bertz CT molecular complexity index is 2720. The Morgan fingerprint density at radius 1 is 0.707 bits per heavy atom.